The van der Waals surface area contributed by atoms with Crippen molar-refractivity contribution in [1.82, 2.24) is 9.80 Å². The molecule has 1 saturated carbocycles. The highest BCUT2D eigenvalue weighted by Gasteiger charge is 2.43. The van der Waals surface area contributed by atoms with Crippen LogP contribution in [0.4, 0.5) is 13.2 Å². The molecule has 0 bridgehead atoms. The zero-order valence-corrected chi connectivity index (χ0v) is 17.1. The second kappa shape index (κ2) is 7.67. The summed E-state index contributed by atoms with van der Waals surface area (Å²) in [5, 5.41) is 11.9. The standard InChI is InChI=1S/C23H25F3N2O3/c24-23(25,26)15-8-9-27(12-15)11-14-10-18-21(17-5-2-1-4-16(14)17)31-13-28(22(18)30)19-6-3-7-20(19)29/h1-2,4-5,10,15,19-20,29H,3,6-9,11-13H2/t15?,19-,20-/m0/s1. The number of hydrogen-bond donors (Lipinski definition) is 1. The molecule has 3 aliphatic rings. The zero-order chi connectivity index (χ0) is 21.8. The van der Waals surface area contributed by atoms with Gasteiger partial charge in [-0.2, -0.15) is 13.2 Å². The fourth-order valence-electron chi connectivity index (χ4n) is 5.23. The summed E-state index contributed by atoms with van der Waals surface area (Å²) < 4.78 is 45.3. The number of carbonyl (C=O) groups excluding carboxylic acids is 1. The smallest absolute Gasteiger partial charge is 0.393 e. The number of aliphatic hydroxyl groups excluding tert-OH is 1. The average Bonchev–Trinajstić information content (AvgIpc) is 3.38. The molecule has 2 aliphatic heterocycles. The fraction of sp³-hybridized carbons (Fsp3) is 0.522. The first kappa shape index (κ1) is 20.6. The van der Waals surface area contributed by atoms with Crippen LogP contribution >= 0.6 is 0 Å². The number of fused-ring (bicyclic) bond motifs is 3. The van der Waals surface area contributed by atoms with E-state index in [9.17, 15) is 23.1 Å². The van der Waals surface area contributed by atoms with E-state index in [-0.39, 0.29) is 31.6 Å². The molecule has 0 spiro atoms. The minimum atomic E-state index is -4.18. The van der Waals surface area contributed by atoms with Crippen LogP contribution in [0.25, 0.3) is 10.8 Å². The predicted molar refractivity (Wildman–Crippen MR) is 109 cm³/mol. The molecule has 5 rings (SSSR count). The van der Waals surface area contributed by atoms with Crippen molar-refractivity contribution in [2.24, 2.45) is 5.92 Å². The van der Waals surface area contributed by atoms with Gasteiger partial charge in [-0.25, -0.2) is 0 Å². The molecule has 1 amide bonds. The maximum absolute atomic E-state index is 13.3. The molecule has 2 fully saturated rings. The van der Waals surface area contributed by atoms with E-state index in [1.54, 1.807) is 15.9 Å². The van der Waals surface area contributed by atoms with Crippen LogP contribution in [0.3, 0.4) is 0 Å². The Labute approximate surface area is 178 Å². The van der Waals surface area contributed by atoms with E-state index >= 15 is 0 Å². The lowest BCUT2D eigenvalue weighted by atomic mass is 9.97. The number of aliphatic hydroxyl groups is 1. The number of hydrogen-bond acceptors (Lipinski definition) is 4. The summed E-state index contributed by atoms with van der Waals surface area (Å²) in [6, 6.07) is 9.06. The van der Waals surface area contributed by atoms with Gasteiger partial charge in [0.15, 0.2) is 6.73 Å². The van der Waals surface area contributed by atoms with Crippen molar-refractivity contribution in [2.45, 2.75) is 50.6 Å². The van der Waals surface area contributed by atoms with Crippen LogP contribution in [0.15, 0.2) is 30.3 Å². The van der Waals surface area contributed by atoms with Gasteiger partial charge in [-0.05, 0) is 49.2 Å². The second-order valence-electron chi connectivity index (χ2n) is 8.83. The molecule has 0 radical (unpaired) electrons. The molecule has 2 aromatic rings. The van der Waals surface area contributed by atoms with Gasteiger partial charge in [0, 0.05) is 18.5 Å². The molecular weight excluding hydrogens is 409 g/mol. The lowest BCUT2D eigenvalue weighted by Crippen LogP contribution is -2.48. The number of nitrogens with zero attached hydrogens (tertiary/aromatic N) is 2. The maximum Gasteiger partial charge on any atom is 0.393 e. The Morgan fingerprint density at radius 2 is 1.90 bits per heavy atom. The SMILES string of the molecule is O=C1c2cc(CN3CCC(C(F)(F)F)C3)c3ccccc3c2OCN1[C@H]1CCC[C@@H]1O. The largest absolute Gasteiger partial charge is 0.472 e. The molecule has 1 unspecified atom stereocenters. The molecule has 5 nitrogen and oxygen atoms in total. The number of carbonyl (C=O) groups is 1. The monoisotopic (exact) mass is 434 g/mol. The summed E-state index contributed by atoms with van der Waals surface area (Å²) >= 11 is 0. The molecule has 1 N–H and O–H groups in total. The van der Waals surface area contributed by atoms with E-state index < -0.39 is 18.2 Å². The summed E-state index contributed by atoms with van der Waals surface area (Å²) in [4.78, 5) is 16.7. The van der Waals surface area contributed by atoms with Gasteiger partial charge in [0.2, 0.25) is 0 Å². The third kappa shape index (κ3) is 3.65. The van der Waals surface area contributed by atoms with Crippen molar-refractivity contribution >= 4 is 16.7 Å². The number of alkyl halides is 3. The summed E-state index contributed by atoms with van der Waals surface area (Å²) in [6.45, 7) is 0.788. The number of ether oxygens (including phenoxy) is 1. The van der Waals surface area contributed by atoms with Crippen LogP contribution in [-0.4, -0.2) is 59.0 Å². The Morgan fingerprint density at radius 1 is 1.13 bits per heavy atom. The Kier molecular flexibility index (Phi) is 5.09. The van der Waals surface area contributed by atoms with E-state index in [4.69, 9.17) is 4.74 Å². The van der Waals surface area contributed by atoms with Gasteiger partial charge in [-0.15, -0.1) is 0 Å². The highest BCUT2D eigenvalue weighted by Crippen LogP contribution is 2.39. The van der Waals surface area contributed by atoms with E-state index in [1.807, 2.05) is 24.3 Å². The third-order valence-corrected chi connectivity index (χ3v) is 6.89. The highest BCUT2D eigenvalue weighted by molar-refractivity contribution is 6.06. The molecule has 1 saturated heterocycles. The van der Waals surface area contributed by atoms with Crippen LogP contribution in [0.1, 0.15) is 41.6 Å². The zero-order valence-electron chi connectivity index (χ0n) is 17.1. The van der Waals surface area contributed by atoms with Crippen LogP contribution in [0, 0.1) is 5.92 Å². The van der Waals surface area contributed by atoms with E-state index in [2.05, 4.69) is 0 Å². The molecule has 2 heterocycles. The lowest BCUT2D eigenvalue weighted by Gasteiger charge is -2.35. The van der Waals surface area contributed by atoms with Crippen molar-refractivity contribution in [2.75, 3.05) is 19.8 Å². The van der Waals surface area contributed by atoms with Crippen molar-refractivity contribution in [3.8, 4) is 5.75 Å². The molecule has 2 aromatic carbocycles. The third-order valence-electron chi connectivity index (χ3n) is 6.89. The highest BCUT2D eigenvalue weighted by atomic mass is 19.4. The van der Waals surface area contributed by atoms with Gasteiger partial charge in [-0.3, -0.25) is 14.6 Å². The Bertz CT molecular complexity index is 1010. The van der Waals surface area contributed by atoms with Gasteiger partial charge < -0.3 is 9.84 Å². The van der Waals surface area contributed by atoms with E-state index in [0.29, 0.717) is 30.8 Å². The maximum atomic E-state index is 13.3. The number of halogens is 3. The van der Waals surface area contributed by atoms with E-state index in [0.717, 1.165) is 29.2 Å². The average molecular weight is 434 g/mol. The van der Waals surface area contributed by atoms with Crippen molar-refractivity contribution in [3.05, 3.63) is 41.5 Å². The van der Waals surface area contributed by atoms with Gasteiger partial charge >= 0.3 is 6.18 Å². The van der Waals surface area contributed by atoms with Crippen LogP contribution in [0.2, 0.25) is 0 Å². The van der Waals surface area contributed by atoms with Gasteiger partial charge in [0.05, 0.1) is 23.6 Å². The fourth-order valence-corrected chi connectivity index (χ4v) is 5.23. The van der Waals surface area contributed by atoms with Crippen molar-refractivity contribution < 1.29 is 27.8 Å². The molecule has 8 heteroatoms. The first-order valence-electron chi connectivity index (χ1n) is 10.8. The van der Waals surface area contributed by atoms with Crippen molar-refractivity contribution in [3.63, 3.8) is 0 Å². The topological polar surface area (TPSA) is 53.0 Å². The number of rotatable bonds is 3. The normalized spacial score (nSPS) is 27.0. The number of likely N-dealkylation sites (tertiary alicyclic amines) is 1. The first-order chi connectivity index (χ1) is 14.8. The molecule has 1 aliphatic carbocycles. The minimum absolute atomic E-state index is 0.0280. The molecule has 3 atom stereocenters. The number of benzene rings is 2. The summed E-state index contributed by atoms with van der Waals surface area (Å²) in [6.07, 6.45) is -2.38. The van der Waals surface area contributed by atoms with Gasteiger partial charge in [0.25, 0.3) is 5.91 Å². The minimum Gasteiger partial charge on any atom is -0.472 e. The summed E-state index contributed by atoms with van der Waals surface area (Å²) in [5.41, 5.74) is 1.24. The van der Waals surface area contributed by atoms with Gasteiger partial charge in [0.1, 0.15) is 5.75 Å². The molecule has 166 valence electrons. The van der Waals surface area contributed by atoms with Crippen LogP contribution in [0.5, 0.6) is 5.75 Å². The molecule has 31 heavy (non-hydrogen) atoms. The quantitative estimate of drug-likeness (QED) is 0.796. The van der Waals surface area contributed by atoms with Crippen molar-refractivity contribution in [1.29, 1.82) is 0 Å². The van der Waals surface area contributed by atoms with Crippen LogP contribution < -0.4 is 4.74 Å². The van der Waals surface area contributed by atoms with Gasteiger partial charge in [-0.1, -0.05) is 24.3 Å². The molecule has 0 aromatic heterocycles. The predicted octanol–water partition coefficient (Wildman–Crippen LogP) is 3.93. The number of amides is 1. The Balaban J connectivity index is 1.48. The summed E-state index contributed by atoms with van der Waals surface area (Å²) in [7, 11) is 0. The summed E-state index contributed by atoms with van der Waals surface area (Å²) in [5.74, 6) is -0.975. The van der Waals surface area contributed by atoms with E-state index in [1.165, 1.54) is 0 Å². The Morgan fingerprint density at radius 3 is 2.58 bits per heavy atom. The first-order valence-corrected chi connectivity index (χ1v) is 10.8. The van der Waals surface area contributed by atoms with Crippen LogP contribution in [-0.2, 0) is 6.54 Å². The lowest BCUT2D eigenvalue weighted by molar-refractivity contribution is -0.170. The molecular formula is C23H25F3N2O3. The Hall–Kier alpha value is -2.32. The second-order valence-corrected chi connectivity index (χ2v) is 8.83.